The van der Waals surface area contributed by atoms with Gasteiger partial charge in [0.15, 0.2) is 0 Å². The van der Waals surface area contributed by atoms with Gasteiger partial charge in [-0.1, -0.05) is 6.92 Å². The van der Waals surface area contributed by atoms with E-state index in [2.05, 4.69) is 59.4 Å². The Balaban J connectivity index is 1.61. The lowest BCUT2D eigenvalue weighted by atomic mass is 9.90. The van der Waals surface area contributed by atoms with E-state index in [-0.39, 0.29) is 0 Å². The molecule has 6 heteroatoms. The third-order valence-corrected chi connectivity index (χ3v) is 6.41. The van der Waals surface area contributed by atoms with Crippen LogP contribution in [0.4, 0.5) is 5.95 Å². The lowest BCUT2D eigenvalue weighted by molar-refractivity contribution is 0.221. The summed E-state index contributed by atoms with van der Waals surface area (Å²) in [6, 6.07) is 9.56. The Morgan fingerprint density at radius 3 is 2.55 bits per heavy atom. The predicted molar refractivity (Wildman–Crippen MR) is 127 cm³/mol. The number of ether oxygens (including phenoxy) is 1. The van der Waals surface area contributed by atoms with Gasteiger partial charge in [-0.05, 0) is 88.5 Å². The molecule has 3 aromatic rings. The fraction of sp³-hybridized carbons (Fsp3) is 0.480. The Labute approximate surface area is 185 Å². The van der Waals surface area contributed by atoms with Gasteiger partial charge in [-0.3, -0.25) is 0 Å². The SMILES string of the molecule is CCc1cc(-c2ccc(C)nc2OC)cc2cnc(N[C@H]3CC[C@H](N(C)C)CC3)nc12. The number of aromatic nitrogens is 3. The van der Waals surface area contributed by atoms with E-state index in [9.17, 15) is 0 Å². The van der Waals surface area contributed by atoms with Crippen LogP contribution in [0.1, 0.15) is 43.9 Å². The van der Waals surface area contributed by atoms with Crippen molar-refractivity contribution in [2.45, 2.75) is 58.0 Å². The molecule has 1 aromatic carbocycles. The normalized spacial score (nSPS) is 19.0. The average Bonchev–Trinajstić information content (AvgIpc) is 2.78. The molecule has 0 unspecified atom stereocenters. The molecule has 0 saturated heterocycles. The van der Waals surface area contributed by atoms with Crippen LogP contribution < -0.4 is 10.1 Å². The maximum Gasteiger partial charge on any atom is 0.223 e. The van der Waals surface area contributed by atoms with Crippen molar-refractivity contribution < 1.29 is 4.74 Å². The number of aryl methyl sites for hydroxylation is 2. The molecular weight excluding hydrogens is 386 g/mol. The number of pyridine rings is 1. The van der Waals surface area contributed by atoms with Crippen LogP contribution in [-0.2, 0) is 6.42 Å². The van der Waals surface area contributed by atoms with E-state index in [0.717, 1.165) is 52.9 Å². The minimum Gasteiger partial charge on any atom is -0.481 e. The lowest BCUT2D eigenvalue weighted by Gasteiger charge is -2.32. The van der Waals surface area contributed by atoms with Crippen LogP contribution in [0.5, 0.6) is 5.88 Å². The van der Waals surface area contributed by atoms with Crippen LogP contribution >= 0.6 is 0 Å². The van der Waals surface area contributed by atoms with Crippen molar-refractivity contribution in [3.63, 3.8) is 0 Å². The molecule has 0 amide bonds. The number of nitrogens with zero attached hydrogens (tertiary/aromatic N) is 4. The zero-order valence-corrected chi connectivity index (χ0v) is 19.3. The highest BCUT2D eigenvalue weighted by Crippen LogP contribution is 2.33. The molecule has 31 heavy (non-hydrogen) atoms. The summed E-state index contributed by atoms with van der Waals surface area (Å²) >= 11 is 0. The number of fused-ring (bicyclic) bond motifs is 1. The lowest BCUT2D eigenvalue weighted by Crippen LogP contribution is -2.36. The van der Waals surface area contributed by atoms with Crippen molar-refractivity contribution in [1.82, 2.24) is 19.9 Å². The van der Waals surface area contributed by atoms with Gasteiger partial charge in [-0.2, -0.15) is 0 Å². The molecule has 2 aromatic heterocycles. The van der Waals surface area contributed by atoms with Crippen LogP contribution in [0, 0.1) is 6.92 Å². The van der Waals surface area contributed by atoms with Crippen LogP contribution in [0.2, 0.25) is 0 Å². The first kappa shape index (κ1) is 21.5. The molecule has 1 saturated carbocycles. The average molecular weight is 420 g/mol. The fourth-order valence-corrected chi connectivity index (χ4v) is 4.54. The maximum atomic E-state index is 5.54. The second-order valence-corrected chi connectivity index (χ2v) is 8.74. The summed E-state index contributed by atoms with van der Waals surface area (Å²) < 4.78 is 5.54. The van der Waals surface area contributed by atoms with Gasteiger partial charge in [-0.25, -0.2) is 15.0 Å². The minimum absolute atomic E-state index is 0.445. The first-order valence-electron chi connectivity index (χ1n) is 11.2. The Hall–Kier alpha value is -2.73. The Bertz CT molecular complexity index is 1060. The van der Waals surface area contributed by atoms with E-state index in [1.807, 2.05) is 19.2 Å². The number of nitrogens with one attached hydrogen (secondary N) is 1. The molecule has 1 N–H and O–H groups in total. The Kier molecular flexibility index (Phi) is 6.37. The molecule has 1 fully saturated rings. The molecule has 4 rings (SSSR count). The highest BCUT2D eigenvalue weighted by Gasteiger charge is 2.23. The van der Waals surface area contributed by atoms with E-state index < -0.39 is 0 Å². The van der Waals surface area contributed by atoms with E-state index in [1.165, 1.54) is 18.4 Å². The smallest absolute Gasteiger partial charge is 0.223 e. The van der Waals surface area contributed by atoms with Gasteiger partial charge in [0.25, 0.3) is 0 Å². The minimum atomic E-state index is 0.445. The standard InChI is InChI=1S/C25H33N5O/c1-6-17-13-18(22-12-7-16(2)27-24(22)31-5)14-19-15-26-25(29-23(17)19)28-20-8-10-21(11-9-20)30(3)4/h7,12-15,20-21H,6,8-11H2,1-5H3,(H,26,28,29)/t20-,21-. The third-order valence-electron chi connectivity index (χ3n) is 6.41. The summed E-state index contributed by atoms with van der Waals surface area (Å²) in [7, 11) is 6.02. The molecule has 0 spiro atoms. The Morgan fingerprint density at radius 1 is 1.10 bits per heavy atom. The van der Waals surface area contributed by atoms with E-state index >= 15 is 0 Å². The highest BCUT2D eigenvalue weighted by atomic mass is 16.5. The molecule has 1 aliphatic rings. The van der Waals surface area contributed by atoms with E-state index in [0.29, 0.717) is 18.0 Å². The van der Waals surface area contributed by atoms with Gasteiger partial charge in [-0.15, -0.1) is 0 Å². The number of methoxy groups -OCH3 is 1. The van der Waals surface area contributed by atoms with E-state index in [4.69, 9.17) is 9.72 Å². The summed E-state index contributed by atoms with van der Waals surface area (Å²) in [6.45, 7) is 4.14. The number of anilines is 1. The van der Waals surface area contributed by atoms with Crippen LogP contribution in [0.15, 0.2) is 30.5 Å². The van der Waals surface area contributed by atoms with Gasteiger partial charge in [0.1, 0.15) is 0 Å². The monoisotopic (exact) mass is 419 g/mol. The zero-order chi connectivity index (χ0) is 22.0. The summed E-state index contributed by atoms with van der Waals surface area (Å²) in [5.74, 6) is 1.38. The highest BCUT2D eigenvalue weighted by molar-refractivity contribution is 5.88. The summed E-state index contributed by atoms with van der Waals surface area (Å²) in [5, 5.41) is 4.62. The number of rotatable bonds is 6. The molecule has 164 valence electrons. The van der Waals surface area contributed by atoms with Crippen molar-refractivity contribution in [2.75, 3.05) is 26.5 Å². The second kappa shape index (κ2) is 9.18. The first-order valence-corrected chi connectivity index (χ1v) is 11.2. The Morgan fingerprint density at radius 2 is 1.87 bits per heavy atom. The van der Waals surface area contributed by atoms with Crippen LogP contribution in [-0.4, -0.2) is 53.1 Å². The number of benzene rings is 1. The molecule has 0 aliphatic heterocycles. The van der Waals surface area contributed by atoms with Crippen molar-refractivity contribution in [1.29, 1.82) is 0 Å². The van der Waals surface area contributed by atoms with Crippen LogP contribution in [0.25, 0.3) is 22.0 Å². The molecule has 0 radical (unpaired) electrons. The van der Waals surface area contributed by atoms with Gasteiger partial charge in [0.05, 0.1) is 12.6 Å². The fourth-order valence-electron chi connectivity index (χ4n) is 4.54. The maximum absolute atomic E-state index is 5.54. The summed E-state index contributed by atoms with van der Waals surface area (Å²) in [5.41, 5.74) is 5.24. The first-order chi connectivity index (χ1) is 15.0. The van der Waals surface area contributed by atoms with Gasteiger partial charge in [0.2, 0.25) is 11.8 Å². The molecule has 0 bridgehead atoms. The largest absolute Gasteiger partial charge is 0.481 e. The molecule has 0 atom stereocenters. The van der Waals surface area contributed by atoms with Crippen molar-refractivity contribution in [3.05, 3.63) is 41.7 Å². The van der Waals surface area contributed by atoms with Gasteiger partial charge < -0.3 is 15.0 Å². The van der Waals surface area contributed by atoms with Gasteiger partial charge in [0, 0.05) is 34.9 Å². The second-order valence-electron chi connectivity index (χ2n) is 8.74. The molecule has 6 nitrogen and oxygen atoms in total. The molecular formula is C25H33N5O. The predicted octanol–water partition coefficient (Wildman–Crippen LogP) is 4.86. The topological polar surface area (TPSA) is 63.2 Å². The number of hydrogen-bond acceptors (Lipinski definition) is 6. The summed E-state index contributed by atoms with van der Waals surface area (Å²) in [6.07, 6.45) is 7.58. The van der Waals surface area contributed by atoms with Crippen molar-refractivity contribution >= 4 is 16.9 Å². The quantitative estimate of drug-likeness (QED) is 0.616. The molecule has 2 heterocycles. The van der Waals surface area contributed by atoms with Crippen molar-refractivity contribution in [2.24, 2.45) is 0 Å². The molecule has 1 aliphatic carbocycles. The van der Waals surface area contributed by atoms with Gasteiger partial charge >= 0.3 is 0 Å². The third kappa shape index (κ3) is 4.64. The van der Waals surface area contributed by atoms with Crippen molar-refractivity contribution in [3.8, 4) is 17.0 Å². The summed E-state index contributed by atoms with van der Waals surface area (Å²) in [4.78, 5) is 16.4. The van der Waals surface area contributed by atoms with E-state index in [1.54, 1.807) is 7.11 Å². The van der Waals surface area contributed by atoms with Crippen LogP contribution in [0.3, 0.4) is 0 Å². The zero-order valence-electron chi connectivity index (χ0n) is 19.3. The number of hydrogen-bond donors (Lipinski definition) is 1.